The lowest BCUT2D eigenvalue weighted by molar-refractivity contribution is -0.125. The Morgan fingerprint density at radius 2 is 2.06 bits per heavy atom. The molecule has 8 nitrogen and oxygen atoms in total. The van der Waals surface area contributed by atoms with Gasteiger partial charge < -0.3 is 20.1 Å². The fraction of sp³-hybridized carbons (Fsp3) is 0.778. The molecule has 2 saturated heterocycles. The fourth-order valence-electron chi connectivity index (χ4n) is 1.96. The Hall–Kier alpha value is -1.22. The smallest absolute Gasteiger partial charge is 0.326 e. The summed E-state index contributed by atoms with van der Waals surface area (Å²) >= 11 is 0. The Bertz CT molecular complexity index is 335. The number of nitrogens with zero attached hydrogens (tertiary/aromatic N) is 1. The molecule has 8 heteroatoms. The Labute approximate surface area is 96.8 Å². The minimum atomic E-state index is -1.30. The summed E-state index contributed by atoms with van der Waals surface area (Å²) < 4.78 is 5.18. The molecule has 0 aliphatic carbocycles. The highest BCUT2D eigenvalue weighted by atomic mass is 16.6. The molecule has 0 aromatic carbocycles. The van der Waals surface area contributed by atoms with Crippen LogP contribution in [0.4, 0.5) is 4.79 Å². The second kappa shape index (κ2) is 4.57. The highest BCUT2D eigenvalue weighted by Gasteiger charge is 2.47. The van der Waals surface area contributed by atoms with Gasteiger partial charge in [-0.25, -0.2) is 4.79 Å². The molecule has 4 atom stereocenters. The number of carbonyl (C=O) groups is 2. The third-order valence-corrected chi connectivity index (χ3v) is 2.91. The summed E-state index contributed by atoms with van der Waals surface area (Å²) in [6.07, 6.45) is -4.42. The fourth-order valence-corrected chi connectivity index (χ4v) is 1.96. The maximum atomic E-state index is 11.5. The van der Waals surface area contributed by atoms with Crippen molar-refractivity contribution in [1.82, 2.24) is 10.2 Å². The zero-order chi connectivity index (χ0) is 12.6. The largest absolute Gasteiger partial charge is 0.394 e. The van der Waals surface area contributed by atoms with Crippen molar-refractivity contribution >= 4 is 11.9 Å². The van der Waals surface area contributed by atoms with Gasteiger partial charge >= 0.3 is 6.03 Å². The highest BCUT2D eigenvalue weighted by Crippen LogP contribution is 2.25. The number of ether oxygens (including phenoxy) is 1. The molecule has 2 fully saturated rings. The van der Waals surface area contributed by atoms with E-state index >= 15 is 0 Å². The molecule has 2 aliphatic rings. The molecule has 2 aliphatic heterocycles. The molecule has 96 valence electrons. The summed E-state index contributed by atoms with van der Waals surface area (Å²) in [5, 5.41) is 30.2. The number of imide groups is 1. The van der Waals surface area contributed by atoms with Crippen LogP contribution in [0.3, 0.4) is 0 Å². The molecular formula is C9H14N2O6. The van der Waals surface area contributed by atoms with E-state index in [2.05, 4.69) is 5.32 Å². The number of aliphatic hydroxyl groups excluding tert-OH is 3. The van der Waals surface area contributed by atoms with Gasteiger partial charge in [0.25, 0.3) is 0 Å². The van der Waals surface area contributed by atoms with Gasteiger partial charge in [-0.15, -0.1) is 0 Å². The Kier molecular flexibility index (Phi) is 3.29. The first-order valence-corrected chi connectivity index (χ1v) is 5.27. The van der Waals surface area contributed by atoms with E-state index < -0.39 is 43.1 Å². The van der Waals surface area contributed by atoms with Gasteiger partial charge in [0, 0.05) is 13.0 Å². The summed E-state index contributed by atoms with van der Waals surface area (Å²) in [4.78, 5) is 23.6. The number of carbonyl (C=O) groups excluding carboxylic acids is 2. The number of urea groups is 1. The summed E-state index contributed by atoms with van der Waals surface area (Å²) in [5.74, 6) is -0.391. The second-order valence-corrected chi connectivity index (χ2v) is 4.03. The minimum absolute atomic E-state index is 0.108. The van der Waals surface area contributed by atoms with Gasteiger partial charge in [0.1, 0.15) is 18.3 Å². The molecular weight excluding hydrogens is 233 g/mol. The zero-order valence-electron chi connectivity index (χ0n) is 8.94. The predicted octanol–water partition coefficient (Wildman–Crippen LogP) is -2.63. The first-order valence-electron chi connectivity index (χ1n) is 5.27. The van der Waals surface area contributed by atoms with Crippen LogP contribution >= 0.6 is 0 Å². The van der Waals surface area contributed by atoms with Crippen LogP contribution in [0.15, 0.2) is 0 Å². The molecule has 0 aromatic heterocycles. The lowest BCUT2D eigenvalue weighted by Gasteiger charge is -2.32. The maximum absolute atomic E-state index is 11.5. The Morgan fingerprint density at radius 3 is 2.59 bits per heavy atom. The van der Waals surface area contributed by atoms with E-state index in [1.807, 2.05) is 0 Å². The molecule has 4 N–H and O–H groups in total. The molecule has 3 amide bonds. The van der Waals surface area contributed by atoms with Gasteiger partial charge in [-0.2, -0.15) is 0 Å². The van der Waals surface area contributed by atoms with Crippen molar-refractivity contribution < 1.29 is 29.6 Å². The molecule has 2 heterocycles. The molecule has 17 heavy (non-hydrogen) atoms. The third kappa shape index (κ3) is 2.12. The Morgan fingerprint density at radius 1 is 1.35 bits per heavy atom. The summed E-state index contributed by atoms with van der Waals surface area (Å²) in [6, 6.07) is -0.670. The van der Waals surface area contributed by atoms with E-state index in [1.165, 1.54) is 0 Å². The standard InChI is InChI=1S/C9H14N2O6/c12-3-4-6(14)7(15)8(17-4)11-2-1-5(13)10-9(11)16/h4,6-8,12,14-15H,1-3H2,(H,10,13,16)/i10+1. The number of hydrogen-bond donors (Lipinski definition) is 4. The molecule has 0 saturated carbocycles. The van der Waals surface area contributed by atoms with Crippen molar-refractivity contribution in [2.24, 2.45) is 0 Å². The lowest BCUT2D eigenvalue weighted by Crippen LogP contribution is -2.56. The molecule has 2 rings (SSSR count). The van der Waals surface area contributed by atoms with Crippen LogP contribution in [-0.2, 0) is 9.53 Å². The van der Waals surface area contributed by atoms with E-state index in [0.29, 0.717) is 0 Å². The lowest BCUT2D eigenvalue weighted by atomic mass is 10.1. The van der Waals surface area contributed by atoms with Gasteiger partial charge in [-0.05, 0) is 0 Å². The molecule has 0 spiro atoms. The third-order valence-electron chi connectivity index (χ3n) is 2.91. The number of rotatable bonds is 2. The number of aliphatic hydroxyl groups is 3. The van der Waals surface area contributed by atoms with Crippen molar-refractivity contribution in [2.45, 2.75) is 31.0 Å². The summed E-state index contributed by atoms with van der Waals surface area (Å²) in [6.45, 7) is -0.347. The van der Waals surface area contributed by atoms with Crippen LogP contribution in [0, 0.1) is 0 Å². The highest BCUT2D eigenvalue weighted by molar-refractivity contribution is 5.96. The van der Waals surface area contributed by atoms with Crippen LogP contribution in [0.2, 0.25) is 0 Å². The van der Waals surface area contributed by atoms with Gasteiger partial charge in [-0.3, -0.25) is 15.0 Å². The molecule has 0 radical (unpaired) electrons. The maximum Gasteiger partial charge on any atom is 0.326 e. The van der Waals surface area contributed by atoms with Crippen molar-refractivity contribution in [1.29, 1.82) is 0 Å². The summed E-state index contributed by atoms with van der Waals surface area (Å²) in [7, 11) is 0. The SMILES string of the molecule is O=C1CCN(C2OC(CO)C(O)C2O)C(=O)[15NH]1. The van der Waals surface area contributed by atoms with Gasteiger partial charge in [-0.1, -0.05) is 0 Å². The number of hydrogen-bond acceptors (Lipinski definition) is 6. The topological polar surface area (TPSA) is 119 Å². The van der Waals surface area contributed by atoms with Crippen molar-refractivity contribution in [2.75, 3.05) is 13.2 Å². The normalized spacial score (nSPS) is 38.4. The first kappa shape index (κ1) is 12.2. The van der Waals surface area contributed by atoms with E-state index in [0.717, 1.165) is 4.90 Å². The average Bonchev–Trinajstić information content (AvgIpc) is 2.57. The van der Waals surface area contributed by atoms with Gasteiger partial charge in [0.2, 0.25) is 5.91 Å². The van der Waals surface area contributed by atoms with E-state index in [1.54, 1.807) is 0 Å². The van der Waals surface area contributed by atoms with Crippen LogP contribution in [0.25, 0.3) is 0 Å². The van der Waals surface area contributed by atoms with Crippen molar-refractivity contribution in [3.63, 3.8) is 0 Å². The predicted molar refractivity (Wildman–Crippen MR) is 52.6 cm³/mol. The van der Waals surface area contributed by atoms with Crippen molar-refractivity contribution in [3.05, 3.63) is 0 Å². The summed E-state index contributed by atoms with van der Waals surface area (Å²) in [5.41, 5.74) is 0. The molecule has 0 bridgehead atoms. The molecule has 0 aromatic rings. The van der Waals surface area contributed by atoms with Crippen molar-refractivity contribution in [3.8, 4) is 0 Å². The van der Waals surface area contributed by atoms with Crippen LogP contribution in [0.1, 0.15) is 6.42 Å². The Balaban J connectivity index is 2.08. The quantitative estimate of drug-likeness (QED) is 0.396. The average molecular weight is 247 g/mol. The zero-order valence-corrected chi connectivity index (χ0v) is 8.94. The van der Waals surface area contributed by atoms with Crippen LogP contribution < -0.4 is 5.32 Å². The number of nitrogens with one attached hydrogen (secondary N) is 1. The second-order valence-electron chi connectivity index (χ2n) is 4.03. The minimum Gasteiger partial charge on any atom is -0.394 e. The van der Waals surface area contributed by atoms with E-state index in [9.17, 15) is 19.8 Å². The van der Waals surface area contributed by atoms with Crippen LogP contribution in [0.5, 0.6) is 0 Å². The van der Waals surface area contributed by atoms with E-state index in [-0.39, 0.29) is 13.0 Å². The number of amides is 3. The van der Waals surface area contributed by atoms with Gasteiger partial charge in [0.15, 0.2) is 6.23 Å². The monoisotopic (exact) mass is 247 g/mol. The van der Waals surface area contributed by atoms with E-state index in [4.69, 9.17) is 9.84 Å². The first-order chi connectivity index (χ1) is 8.04. The van der Waals surface area contributed by atoms with Gasteiger partial charge in [0.05, 0.1) is 6.61 Å². The van der Waals surface area contributed by atoms with Crippen LogP contribution in [-0.4, -0.2) is 69.8 Å². The molecule has 4 unspecified atom stereocenters.